The summed E-state index contributed by atoms with van der Waals surface area (Å²) in [6.07, 6.45) is 23.0. The average Bonchev–Trinajstić information content (AvgIpc) is 4.15. The number of carbonyl (C=O) groups is 6. The first-order valence-corrected chi connectivity index (χ1v) is 30.2. The molecule has 480 valence electrons. The largest absolute Gasteiger partial charge is 0.492 e. The van der Waals surface area contributed by atoms with E-state index in [2.05, 4.69) is 69.8 Å². The Morgan fingerprint density at radius 2 is 1.73 bits per heavy atom. The number of carboxylic acid groups (broad SMARTS) is 1. The highest BCUT2D eigenvalue weighted by Crippen LogP contribution is 2.29. The molecule has 1 saturated heterocycles. The zero-order valence-electron chi connectivity index (χ0n) is 51.4. The van der Waals surface area contributed by atoms with Gasteiger partial charge in [-0.1, -0.05) is 78.8 Å². The van der Waals surface area contributed by atoms with Gasteiger partial charge >= 0.3 is 18.0 Å². The molecule has 4 aromatic rings. The van der Waals surface area contributed by atoms with Gasteiger partial charge in [0.2, 0.25) is 23.6 Å². The van der Waals surface area contributed by atoms with Crippen molar-refractivity contribution >= 4 is 58.6 Å². The number of rotatable bonds is 33. The smallest absolute Gasteiger partial charge is 0.407 e. The maximum Gasteiger partial charge on any atom is 0.407 e. The van der Waals surface area contributed by atoms with Crippen LogP contribution >= 0.6 is 0 Å². The number of cyclic esters (lactones) is 1. The first kappa shape index (κ1) is 69.2. The number of unbranched alkanes of at least 4 members (excludes halogenated alkanes) is 1. The van der Waals surface area contributed by atoms with Crippen LogP contribution in [-0.4, -0.2) is 148 Å². The van der Waals surface area contributed by atoms with Crippen molar-refractivity contribution in [3.05, 3.63) is 126 Å². The number of aliphatic hydroxyl groups excluding tert-OH is 1. The van der Waals surface area contributed by atoms with E-state index in [1.165, 1.54) is 12.3 Å². The molecule has 89 heavy (non-hydrogen) atoms. The number of amides is 4. The molecule has 4 amide bonds. The standard InChI is InChI=1S/C63H86N14O12/c1-7-13-52-42(6)51(78)34-53(89-52)48(17-10-14-38(2)32-40(4)33-39(3)20-26-47-15-11-19-55(80)88-47)72-63(86)87-31-28-45-37-77(76-75-45)30-12-18-49(59(82)71-50(61(84)85)16-8-9-29-64)70-54(79)27-21-41(5)68-58(81)43-22-24-44(25-23-43)66-35-46-36-67-57-56(69-46)60(83)74-62(65)73-57/h7,10-11,13-14,17,19-20,22-26,33,36-37,40-42,47-53,66,78H,8-9,12,15-16,18,21,27-32,34-35,64H2,1-6H3,(H,68,81)(H,70,79)(H,71,82)(H,72,86)(H,84,85)(H3,65,67,73,74,83)/b13-7+,17-10+,26-20+,38-14+,39-33-/t40-,41-,42+,47-,48-,49+,50-,51-,52+,53+/m1/s1. The van der Waals surface area contributed by atoms with E-state index in [4.69, 9.17) is 25.7 Å². The van der Waals surface area contributed by atoms with Gasteiger partial charge in [-0.15, -0.1) is 5.10 Å². The average molecular weight is 1230 g/mol. The molecule has 1 aromatic carbocycles. The number of carboxylic acids is 1. The number of allylic oxidation sites excluding steroid dienone is 7. The number of ether oxygens (including phenoxy) is 3. The molecule has 0 unspecified atom stereocenters. The number of aryl methyl sites for hydroxylation is 1. The third kappa shape index (κ3) is 23.3. The Hall–Kier alpha value is -8.88. The fourth-order valence-electron chi connectivity index (χ4n) is 10.0. The number of nitrogens with zero attached hydrogens (tertiary/aromatic N) is 7. The Labute approximate surface area is 518 Å². The number of anilines is 2. The number of nitrogens with two attached hydrogens (primary N) is 2. The predicted octanol–water partition coefficient (Wildman–Crippen LogP) is 5.74. The number of esters is 1. The molecule has 26 nitrogen and oxygen atoms in total. The van der Waals surface area contributed by atoms with Crippen molar-refractivity contribution in [2.45, 2.75) is 174 Å². The van der Waals surface area contributed by atoms with Crippen molar-refractivity contribution in [3.63, 3.8) is 0 Å². The third-order valence-electron chi connectivity index (χ3n) is 14.9. The van der Waals surface area contributed by atoms with Crippen LogP contribution < -0.4 is 38.1 Å². The molecule has 0 spiro atoms. The molecule has 12 N–H and O–H groups in total. The van der Waals surface area contributed by atoms with Crippen LogP contribution in [0.3, 0.4) is 0 Å². The normalized spacial score (nSPS) is 19.8. The van der Waals surface area contributed by atoms with E-state index in [9.17, 15) is 44.1 Å². The number of aromatic hydroxyl groups is 1. The van der Waals surface area contributed by atoms with Gasteiger partial charge in [-0.25, -0.2) is 24.4 Å². The van der Waals surface area contributed by atoms with E-state index >= 15 is 0 Å². The number of benzene rings is 1. The molecule has 1 fully saturated rings. The number of hydrogen-bond donors (Lipinski definition) is 10. The van der Waals surface area contributed by atoms with E-state index in [1.54, 1.807) is 42.1 Å². The van der Waals surface area contributed by atoms with Crippen LogP contribution in [0.25, 0.3) is 11.2 Å². The van der Waals surface area contributed by atoms with Crippen LogP contribution in [0.1, 0.15) is 127 Å². The monoisotopic (exact) mass is 1230 g/mol. The van der Waals surface area contributed by atoms with Crippen molar-refractivity contribution in [1.82, 2.24) is 56.2 Å². The lowest BCUT2D eigenvalue weighted by molar-refractivity contribution is -0.142. The number of nitrogen functional groups attached to an aromatic ring is 1. The van der Waals surface area contributed by atoms with Gasteiger partial charge in [-0.05, 0) is 115 Å². The second-order valence-corrected chi connectivity index (χ2v) is 22.5. The molecule has 6 rings (SSSR count). The summed E-state index contributed by atoms with van der Waals surface area (Å²) in [6, 6.07) is 3.28. The molecule has 26 heteroatoms. The number of hydrogen-bond acceptors (Lipinski definition) is 20. The van der Waals surface area contributed by atoms with E-state index < -0.39 is 60.3 Å². The van der Waals surface area contributed by atoms with Crippen molar-refractivity contribution in [2.75, 3.05) is 24.2 Å². The molecule has 10 atom stereocenters. The number of nitrogens with one attached hydrogen (secondary N) is 5. The number of aliphatic hydroxyl groups is 1. The second-order valence-electron chi connectivity index (χ2n) is 22.5. The lowest BCUT2D eigenvalue weighted by Crippen LogP contribution is -2.51. The van der Waals surface area contributed by atoms with Gasteiger partial charge in [0.15, 0.2) is 11.2 Å². The van der Waals surface area contributed by atoms with E-state index in [0.717, 1.165) is 17.6 Å². The summed E-state index contributed by atoms with van der Waals surface area (Å²) in [4.78, 5) is 93.7. The van der Waals surface area contributed by atoms with Crippen molar-refractivity contribution in [1.29, 1.82) is 0 Å². The molecule has 2 aliphatic heterocycles. The van der Waals surface area contributed by atoms with Gasteiger partial charge in [0.1, 0.15) is 18.2 Å². The fourth-order valence-corrected chi connectivity index (χ4v) is 10.0. The van der Waals surface area contributed by atoms with E-state index in [-0.39, 0.29) is 117 Å². The van der Waals surface area contributed by atoms with Gasteiger partial charge in [0.25, 0.3) is 5.91 Å². The van der Waals surface area contributed by atoms with Crippen molar-refractivity contribution in [2.24, 2.45) is 17.6 Å². The Bertz CT molecular complexity index is 3220. The number of fused-ring (bicyclic) bond motifs is 1. The van der Waals surface area contributed by atoms with Gasteiger partial charge in [-0.3, -0.25) is 19.1 Å². The van der Waals surface area contributed by atoms with Crippen LogP contribution in [0, 0.1) is 11.8 Å². The summed E-state index contributed by atoms with van der Waals surface area (Å²) in [5, 5.41) is 53.9. The summed E-state index contributed by atoms with van der Waals surface area (Å²) in [6.45, 7) is 12.5. The molecule has 2 aliphatic rings. The molecule has 5 heterocycles. The Balaban J connectivity index is 0.984. The third-order valence-corrected chi connectivity index (χ3v) is 14.9. The fraction of sp³-hybridized carbons (Fsp3) is 0.492. The minimum Gasteiger partial charge on any atom is -0.492 e. The summed E-state index contributed by atoms with van der Waals surface area (Å²) >= 11 is 0. The van der Waals surface area contributed by atoms with E-state index in [1.807, 2.05) is 76.3 Å². The number of aromatic nitrogens is 7. The second kappa shape index (κ2) is 35.2. The maximum absolute atomic E-state index is 13.7. The predicted molar refractivity (Wildman–Crippen MR) is 333 cm³/mol. The Kier molecular flexibility index (Phi) is 27.4. The van der Waals surface area contributed by atoms with Crippen LogP contribution in [0.5, 0.6) is 5.88 Å². The number of carbonyl (C=O) groups excluding carboxylic acids is 5. The topological polar surface area (TPSA) is 385 Å². The van der Waals surface area contributed by atoms with Gasteiger partial charge < -0.3 is 67.6 Å². The first-order chi connectivity index (χ1) is 42.7. The molecule has 0 radical (unpaired) electrons. The summed E-state index contributed by atoms with van der Waals surface area (Å²) in [5.74, 6) is -3.54. The van der Waals surface area contributed by atoms with Gasteiger partial charge in [0, 0.05) is 67.7 Å². The lowest BCUT2D eigenvalue weighted by atomic mass is 9.87. The zero-order valence-corrected chi connectivity index (χ0v) is 51.4. The molecule has 0 saturated carbocycles. The summed E-state index contributed by atoms with van der Waals surface area (Å²) in [5.41, 5.74) is 15.7. The first-order valence-electron chi connectivity index (χ1n) is 30.2. The zero-order chi connectivity index (χ0) is 64.4. The molecule has 0 bridgehead atoms. The molecular weight excluding hydrogens is 1140 g/mol. The van der Waals surface area contributed by atoms with Crippen LogP contribution in [0.4, 0.5) is 16.4 Å². The van der Waals surface area contributed by atoms with Crippen molar-refractivity contribution in [3.8, 4) is 5.88 Å². The van der Waals surface area contributed by atoms with Gasteiger partial charge in [0.05, 0.1) is 55.1 Å². The summed E-state index contributed by atoms with van der Waals surface area (Å²) < 4.78 is 18.9. The minimum absolute atomic E-state index is 0.0416. The lowest BCUT2D eigenvalue weighted by Gasteiger charge is -2.39. The van der Waals surface area contributed by atoms with Crippen molar-refractivity contribution < 1.29 is 58.3 Å². The highest BCUT2D eigenvalue weighted by atomic mass is 16.6. The summed E-state index contributed by atoms with van der Waals surface area (Å²) in [7, 11) is 0. The molecular formula is C63H86N14O12. The maximum atomic E-state index is 13.7. The van der Waals surface area contributed by atoms with Crippen LogP contribution in [-0.2, 0) is 52.9 Å². The van der Waals surface area contributed by atoms with E-state index in [0.29, 0.717) is 54.9 Å². The van der Waals surface area contributed by atoms with Gasteiger partial charge in [-0.2, -0.15) is 9.97 Å². The Morgan fingerprint density at radius 1 is 0.955 bits per heavy atom. The molecule has 3 aromatic heterocycles. The SMILES string of the molecule is C/C=C/[C@@H]1O[C@H]([C@@H](/C=C/C=C(\C)C[C@@H](C)/C=C(C)\C=C\[C@H]2CC=CC(=O)O2)NC(=O)OCCc2cn(CCC[C@H](NC(=O)CC[C@@H](C)NC(=O)c3ccc(NCc4cnc5nc(N)nc(O)c5n4)cc3)C(=O)N[C@H](CCCCN)C(=O)O)nn2)C[C@@H](O)[C@@H]1C. The highest BCUT2D eigenvalue weighted by Gasteiger charge is 2.37. The minimum atomic E-state index is -1.22. The molecule has 0 aliphatic carbocycles. The Morgan fingerprint density at radius 3 is 2.47 bits per heavy atom. The number of aliphatic carboxylic acids is 1. The van der Waals surface area contributed by atoms with Crippen LogP contribution in [0.2, 0.25) is 0 Å². The van der Waals surface area contributed by atoms with Crippen LogP contribution in [0.15, 0.2) is 109 Å². The number of alkyl carbamates (subject to hydrolysis) is 1. The highest BCUT2D eigenvalue weighted by molar-refractivity contribution is 5.95. The quantitative estimate of drug-likeness (QED) is 0.0118.